The second-order valence-corrected chi connectivity index (χ2v) is 6.13. The highest BCUT2D eigenvalue weighted by molar-refractivity contribution is 6.30. The number of hydrogen-bond donors (Lipinski definition) is 1. The van der Waals surface area contributed by atoms with Crippen molar-refractivity contribution < 1.29 is 4.52 Å². The van der Waals surface area contributed by atoms with Crippen LogP contribution < -0.4 is 5.32 Å². The van der Waals surface area contributed by atoms with E-state index >= 15 is 0 Å². The predicted molar refractivity (Wildman–Crippen MR) is 78.3 cm³/mol. The van der Waals surface area contributed by atoms with Crippen LogP contribution >= 0.6 is 11.6 Å². The Bertz CT molecular complexity index is 570. The number of hydrogen-bond acceptors (Lipinski definition) is 3. The Kier molecular flexibility index (Phi) is 3.97. The Morgan fingerprint density at radius 2 is 2.05 bits per heavy atom. The van der Waals surface area contributed by atoms with Crippen molar-refractivity contribution in [3.8, 4) is 11.3 Å². The van der Waals surface area contributed by atoms with Crippen LogP contribution in [0.4, 0.5) is 0 Å². The van der Waals surface area contributed by atoms with E-state index < -0.39 is 0 Å². The quantitative estimate of drug-likeness (QED) is 0.915. The van der Waals surface area contributed by atoms with Gasteiger partial charge in [0.05, 0.1) is 0 Å². The fraction of sp³-hybridized carbons (Fsp3) is 0.400. The first-order chi connectivity index (χ1) is 8.87. The van der Waals surface area contributed by atoms with Crippen molar-refractivity contribution in [2.75, 3.05) is 0 Å². The molecule has 0 aliphatic rings. The Morgan fingerprint density at radius 3 is 2.68 bits per heavy atom. The number of halogens is 1. The maximum absolute atomic E-state index is 6.00. The Morgan fingerprint density at radius 1 is 1.32 bits per heavy atom. The van der Waals surface area contributed by atoms with Gasteiger partial charge in [-0.3, -0.25) is 0 Å². The first kappa shape index (κ1) is 14.1. The molecule has 0 aliphatic heterocycles. The van der Waals surface area contributed by atoms with Crippen LogP contribution in [0.2, 0.25) is 5.02 Å². The first-order valence-electron chi connectivity index (χ1n) is 6.33. The zero-order chi connectivity index (χ0) is 14.0. The average molecular weight is 279 g/mol. The van der Waals surface area contributed by atoms with Crippen LogP contribution in [0.25, 0.3) is 11.3 Å². The number of rotatable bonds is 3. The standard InChI is InChI=1S/C15H19ClN2O/c1-10-13(9-17-15(2,3)4)18-19-14(10)11-6-5-7-12(16)8-11/h5-8,17H,9H2,1-4H3. The molecule has 3 nitrogen and oxygen atoms in total. The van der Waals surface area contributed by atoms with Crippen molar-refractivity contribution in [3.63, 3.8) is 0 Å². The van der Waals surface area contributed by atoms with Crippen LogP contribution in [0.3, 0.4) is 0 Å². The van der Waals surface area contributed by atoms with Gasteiger partial charge < -0.3 is 9.84 Å². The molecule has 0 saturated carbocycles. The molecule has 0 saturated heterocycles. The zero-order valence-electron chi connectivity index (χ0n) is 11.7. The van der Waals surface area contributed by atoms with Crippen LogP contribution in [-0.2, 0) is 6.54 Å². The summed E-state index contributed by atoms with van der Waals surface area (Å²) in [6.07, 6.45) is 0. The van der Waals surface area contributed by atoms with Gasteiger partial charge in [0.1, 0.15) is 5.69 Å². The van der Waals surface area contributed by atoms with E-state index in [0.29, 0.717) is 11.6 Å². The molecular formula is C15H19ClN2O. The Hall–Kier alpha value is -1.32. The molecule has 0 spiro atoms. The molecule has 0 bridgehead atoms. The van der Waals surface area contributed by atoms with E-state index in [9.17, 15) is 0 Å². The molecule has 102 valence electrons. The molecule has 19 heavy (non-hydrogen) atoms. The molecule has 2 aromatic rings. The molecule has 0 fully saturated rings. The normalized spacial score (nSPS) is 11.8. The minimum atomic E-state index is 0.0572. The summed E-state index contributed by atoms with van der Waals surface area (Å²) in [5.74, 6) is 0.785. The van der Waals surface area contributed by atoms with E-state index in [1.165, 1.54) is 0 Å². The van der Waals surface area contributed by atoms with Crippen molar-refractivity contribution >= 4 is 11.6 Å². The minimum absolute atomic E-state index is 0.0572. The number of nitrogens with one attached hydrogen (secondary N) is 1. The van der Waals surface area contributed by atoms with Gasteiger partial charge in [0.25, 0.3) is 0 Å². The number of benzene rings is 1. The van der Waals surface area contributed by atoms with E-state index in [-0.39, 0.29) is 5.54 Å². The fourth-order valence-electron chi connectivity index (χ4n) is 1.78. The van der Waals surface area contributed by atoms with Gasteiger partial charge in [0.15, 0.2) is 5.76 Å². The molecule has 1 aromatic carbocycles. The maximum Gasteiger partial charge on any atom is 0.170 e. The van der Waals surface area contributed by atoms with Crippen molar-refractivity contribution in [2.45, 2.75) is 39.8 Å². The lowest BCUT2D eigenvalue weighted by Crippen LogP contribution is -2.35. The van der Waals surface area contributed by atoms with Gasteiger partial charge in [-0.25, -0.2) is 0 Å². The summed E-state index contributed by atoms with van der Waals surface area (Å²) in [6.45, 7) is 9.09. The fourth-order valence-corrected chi connectivity index (χ4v) is 1.97. The highest BCUT2D eigenvalue weighted by Gasteiger charge is 2.16. The van der Waals surface area contributed by atoms with Crippen LogP contribution in [-0.4, -0.2) is 10.7 Å². The summed E-state index contributed by atoms with van der Waals surface area (Å²) in [5.41, 5.74) is 3.00. The van der Waals surface area contributed by atoms with Gasteiger partial charge in [0.2, 0.25) is 0 Å². The molecule has 0 atom stereocenters. The second kappa shape index (κ2) is 5.35. The summed E-state index contributed by atoms with van der Waals surface area (Å²) in [4.78, 5) is 0. The average Bonchev–Trinajstić information content (AvgIpc) is 2.67. The smallest absolute Gasteiger partial charge is 0.170 e. The summed E-state index contributed by atoms with van der Waals surface area (Å²) in [6, 6.07) is 7.61. The molecule has 1 N–H and O–H groups in total. The molecule has 0 aliphatic carbocycles. The van der Waals surface area contributed by atoms with E-state index in [4.69, 9.17) is 16.1 Å². The zero-order valence-corrected chi connectivity index (χ0v) is 12.5. The van der Waals surface area contributed by atoms with Crippen molar-refractivity contribution in [1.82, 2.24) is 10.5 Å². The summed E-state index contributed by atoms with van der Waals surface area (Å²) in [5, 5.41) is 8.25. The lowest BCUT2D eigenvalue weighted by Gasteiger charge is -2.19. The van der Waals surface area contributed by atoms with Gasteiger partial charge >= 0.3 is 0 Å². The summed E-state index contributed by atoms with van der Waals surface area (Å²) in [7, 11) is 0. The highest BCUT2D eigenvalue weighted by atomic mass is 35.5. The van der Waals surface area contributed by atoms with Crippen molar-refractivity contribution in [1.29, 1.82) is 0 Å². The number of nitrogens with zero attached hydrogens (tertiary/aromatic N) is 1. The van der Waals surface area contributed by atoms with E-state index in [1.54, 1.807) is 0 Å². The van der Waals surface area contributed by atoms with Gasteiger partial charge in [-0.05, 0) is 39.8 Å². The van der Waals surface area contributed by atoms with Crippen molar-refractivity contribution in [3.05, 3.63) is 40.5 Å². The predicted octanol–water partition coefficient (Wildman–Crippen LogP) is 4.19. The third-order valence-corrected chi connectivity index (χ3v) is 3.13. The lowest BCUT2D eigenvalue weighted by atomic mass is 10.1. The van der Waals surface area contributed by atoms with Gasteiger partial charge in [-0.1, -0.05) is 28.9 Å². The van der Waals surface area contributed by atoms with Crippen LogP contribution in [0.1, 0.15) is 32.0 Å². The molecule has 2 rings (SSSR count). The molecule has 1 heterocycles. The van der Waals surface area contributed by atoms with E-state index in [2.05, 4.69) is 31.2 Å². The molecule has 0 unspecified atom stereocenters. The minimum Gasteiger partial charge on any atom is -0.356 e. The summed E-state index contributed by atoms with van der Waals surface area (Å²) >= 11 is 6.00. The molecule has 4 heteroatoms. The van der Waals surface area contributed by atoms with Gasteiger partial charge in [0, 0.05) is 28.2 Å². The first-order valence-corrected chi connectivity index (χ1v) is 6.71. The topological polar surface area (TPSA) is 38.1 Å². The molecule has 0 amide bonds. The third-order valence-electron chi connectivity index (χ3n) is 2.89. The molecular weight excluding hydrogens is 260 g/mol. The van der Waals surface area contributed by atoms with Crippen LogP contribution in [0.15, 0.2) is 28.8 Å². The second-order valence-electron chi connectivity index (χ2n) is 5.70. The Labute approximate surface area is 118 Å². The Balaban J connectivity index is 2.23. The maximum atomic E-state index is 6.00. The highest BCUT2D eigenvalue weighted by Crippen LogP contribution is 2.27. The SMILES string of the molecule is Cc1c(CNC(C)(C)C)noc1-c1cccc(Cl)c1. The van der Waals surface area contributed by atoms with Gasteiger partial charge in [-0.15, -0.1) is 0 Å². The summed E-state index contributed by atoms with van der Waals surface area (Å²) < 4.78 is 5.45. The lowest BCUT2D eigenvalue weighted by molar-refractivity contribution is 0.392. The monoisotopic (exact) mass is 278 g/mol. The van der Waals surface area contributed by atoms with Crippen molar-refractivity contribution in [2.24, 2.45) is 0 Å². The van der Waals surface area contributed by atoms with Crippen LogP contribution in [0.5, 0.6) is 0 Å². The van der Waals surface area contributed by atoms with Gasteiger partial charge in [-0.2, -0.15) is 0 Å². The third kappa shape index (κ3) is 3.58. The van der Waals surface area contributed by atoms with E-state index in [0.717, 1.165) is 22.6 Å². The molecule has 0 radical (unpaired) electrons. The largest absolute Gasteiger partial charge is 0.356 e. The van der Waals surface area contributed by atoms with Crippen LogP contribution in [0, 0.1) is 6.92 Å². The molecule has 1 aromatic heterocycles. The van der Waals surface area contributed by atoms with E-state index in [1.807, 2.05) is 31.2 Å². The number of aromatic nitrogens is 1.